The number of nitrogens with one attached hydrogen (secondary N) is 1. The third-order valence-electron chi connectivity index (χ3n) is 4.05. The van der Waals surface area contributed by atoms with Crippen LogP contribution < -0.4 is 10.1 Å². The summed E-state index contributed by atoms with van der Waals surface area (Å²) in [5, 5.41) is 2.87. The Bertz CT molecular complexity index is 716. The molecule has 2 amide bonds. The maximum Gasteiger partial charge on any atom is 0.256 e. The summed E-state index contributed by atoms with van der Waals surface area (Å²) in [4.78, 5) is 30.9. The summed E-state index contributed by atoms with van der Waals surface area (Å²) in [5.74, 6) is 0.107. The van der Waals surface area contributed by atoms with Crippen molar-refractivity contribution in [2.24, 2.45) is 0 Å². The van der Waals surface area contributed by atoms with Crippen LogP contribution in [0.1, 0.15) is 23.2 Å². The van der Waals surface area contributed by atoms with Gasteiger partial charge in [-0.15, -0.1) is 0 Å². The molecule has 24 heavy (non-hydrogen) atoms. The van der Waals surface area contributed by atoms with Gasteiger partial charge in [-0.25, -0.2) is 4.98 Å². The summed E-state index contributed by atoms with van der Waals surface area (Å²) < 4.78 is 5.00. The van der Waals surface area contributed by atoms with Gasteiger partial charge < -0.3 is 15.0 Å². The van der Waals surface area contributed by atoms with Crippen molar-refractivity contribution < 1.29 is 14.3 Å². The molecule has 0 radical (unpaired) electrons. The lowest BCUT2D eigenvalue weighted by Crippen LogP contribution is -2.43. The smallest absolute Gasteiger partial charge is 0.256 e. The van der Waals surface area contributed by atoms with Crippen molar-refractivity contribution in [3.05, 3.63) is 54.2 Å². The van der Waals surface area contributed by atoms with E-state index in [1.807, 2.05) is 30.3 Å². The monoisotopic (exact) mass is 325 g/mol. The van der Waals surface area contributed by atoms with Crippen molar-refractivity contribution in [2.45, 2.75) is 18.9 Å². The van der Waals surface area contributed by atoms with Crippen LogP contribution >= 0.6 is 0 Å². The lowest BCUT2D eigenvalue weighted by Gasteiger charge is -2.24. The molecule has 0 saturated carbocycles. The van der Waals surface area contributed by atoms with Crippen LogP contribution in [0.2, 0.25) is 0 Å². The molecule has 1 fully saturated rings. The summed E-state index contributed by atoms with van der Waals surface area (Å²) in [6.45, 7) is 0.567. The quantitative estimate of drug-likeness (QED) is 0.936. The number of ether oxygens (including phenoxy) is 1. The third-order valence-corrected chi connectivity index (χ3v) is 4.05. The van der Waals surface area contributed by atoms with Gasteiger partial charge in [0.25, 0.3) is 5.91 Å². The highest BCUT2D eigenvalue weighted by atomic mass is 16.5. The fraction of sp³-hybridized carbons (Fsp3) is 0.278. The van der Waals surface area contributed by atoms with Gasteiger partial charge in [0.1, 0.15) is 6.04 Å². The molecule has 0 spiro atoms. The zero-order valence-electron chi connectivity index (χ0n) is 13.4. The van der Waals surface area contributed by atoms with Crippen LogP contribution in [0, 0.1) is 0 Å². The number of hydrogen-bond acceptors (Lipinski definition) is 4. The summed E-state index contributed by atoms with van der Waals surface area (Å²) in [6.07, 6.45) is 2.95. The molecule has 124 valence electrons. The molecule has 2 aromatic rings. The average molecular weight is 325 g/mol. The van der Waals surface area contributed by atoms with Gasteiger partial charge in [0.15, 0.2) is 0 Å². The SMILES string of the molecule is COc1ccc(C(=O)N2CCC[C@@H]2C(=O)Nc2ccccc2)cn1. The van der Waals surface area contributed by atoms with Crippen molar-refractivity contribution in [2.75, 3.05) is 19.0 Å². The Kier molecular flexibility index (Phi) is 4.74. The predicted octanol–water partition coefficient (Wildman–Crippen LogP) is 2.33. The van der Waals surface area contributed by atoms with Crippen molar-refractivity contribution in [3.8, 4) is 5.88 Å². The maximum absolute atomic E-state index is 12.7. The molecule has 1 aromatic carbocycles. The number of para-hydroxylation sites is 1. The first-order chi connectivity index (χ1) is 11.7. The lowest BCUT2D eigenvalue weighted by atomic mass is 10.1. The maximum atomic E-state index is 12.7. The van der Waals surface area contributed by atoms with Crippen molar-refractivity contribution in [1.82, 2.24) is 9.88 Å². The number of aromatic nitrogens is 1. The molecule has 6 nitrogen and oxygen atoms in total. The highest BCUT2D eigenvalue weighted by Gasteiger charge is 2.34. The van der Waals surface area contributed by atoms with E-state index in [-0.39, 0.29) is 11.8 Å². The Morgan fingerprint density at radius 2 is 2.00 bits per heavy atom. The summed E-state index contributed by atoms with van der Waals surface area (Å²) >= 11 is 0. The van der Waals surface area contributed by atoms with Crippen molar-refractivity contribution in [1.29, 1.82) is 0 Å². The second-order valence-corrected chi connectivity index (χ2v) is 5.60. The number of hydrogen-bond donors (Lipinski definition) is 1. The lowest BCUT2D eigenvalue weighted by molar-refractivity contribution is -0.119. The van der Waals surface area contributed by atoms with E-state index in [4.69, 9.17) is 4.74 Å². The molecular weight excluding hydrogens is 306 g/mol. The molecule has 2 heterocycles. The number of amides is 2. The van der Waals surface area contributed by atoms with Crippen LogP contribution in [0.15, 0.2) is 48.7 Å². The van der Waals surface area contributed by atoms with E-state index in [0.29, 0.717) is 24.4 Å². The minimum Gasteiger partial charge on any atom is -0.481 e. The van der Waals surface area contributed by atoms with Gasteiger partial charge in [0.2, 0.25) is 11.8 Å². The van der Waals surface area contributed by atoms with Crippen LogP contribution in [-0.4, -0.2) is 41.4 Å². The number of nitrogens with zero attached hydrogens (tertiary/aromatic N) is 2. The molecule has 6 heteroatoms. The van der Waals surface area contributed by atoms with Crippen LogP contribution in [0.4, 0.5) is 5.69 Å². The largest absolute Gasteiger partial charge is 0.481 e. The third kappa shape index (κ3) is 3.37. The number of carbonyl (C=O) groups is 2. The number of rotatable bonds is 4. The molecule has 3 rings (SSSR count). The van der Waals surface area contributed by atoms with Crippen LogP contribution in [-0.2, 0) is 4.79 Å². The van der Waals surface area contributed by atoms with Gasteiger partial charge in [-0.3, -0.25) is 9.59 Å². The average Bonchev–Trinajstić information content (AvgIpc) is 3.12. The van der Waals surface area contributed by atoms with E-state index >= 15 is 0 Å². The number of benzene rings is 1. The minimum atomic E-state index is -0.459. The minimum absolute atomic E-state index is 0.159. The Morgan fingerprint density at radius 3 is 2.67 bits per heavy atom. The molecule has 1 saturated heterocycles. The van der Waals surface area contributed by atoms with E-state index in [1.54, 1.807) is 17.0 Å². The van der Waals surface area contributed by atoms with Gasteiger partial charge in [-0.2, -0.15) is 0 Å². The molecule has 1 aliphatic heterocycles. The van der Waals surface area contributed by atoms with Gasteiger partial charge in [0.05, 0.1) is 12.7 Å². The predicted molar refractivity (Wildman–Crippen MR) is 89.9 cm³/mol. The highest BCUT2D eigenvalue weighted by Crippen LogP contribution is 2.22. The zero-order chi connectivity index (χ0) is 16.9. The highest BCUT2D eigenvalue weighted by molar-refractivity contribution is 6.01. The number of methoxy groups -OCH3 is 1. The standard InChI is InChI=1S/C18H19N3O3/c1-24-16-10-9-13(12-19-16)18(23)21-11-5-8-15(21)17(22)20-14-6-3-2-4-7-14/h2-4,6-7,9-10,12,15H,5,8,11H2,1H3,(H,20,22)/t15-/m1/s1. The molecule has 0 unspecified atom stereocenters. The van der Waals surface area contributed by atoms with Crippen molar-refractivity contribution in [3.63, 3.8) is 0 Å². The Labute approximate surface area is 140 Å². The fourth-order valence-corrected chi connectivity index (χ4v) is 2.82. The van der Waals surface area contributed by atoms with E-state index in [2.05, 4.69) is 10.3 Å². The summed E-state index contributed by atoms with van der Waals surface area (Å²) in [7, 11) is 1.52. The van der Waals surface area contributed by atoms with Crippen LogP contribution in [0.5, 0.6) is 5.88 Å². The van der Waals surface area contributed by atoms with Gasteiger partial charge in [0, 0.05) is 24.5 Å². The summed E-state index contributed by atoms with van der Waals surface area (Å²) in [6, 6.07) is 12.1. The zero-order valence-corrected chi connectivity index (χ0v) is 13.4. The van der Waals surface area contributed by atoms with Crippen LogP contribution in [0.3, 0.4) is 0 Å². The van der Waals surface area contributed by atoms with Gasteiger partial charge >= 0.3 is 0 Å². The molecule has 0 aliphatic carbocycles. The Balaban J connectivity index is 1.72. The number of carbonyl (C=O) groups excluding carboxylic acids is 2. The number of pyridine rings is 1. The number of likely N-dealkylation sites (tertiary alicyclic amines) is 1. The first-order valence-corrected chi connectivity index (χ1v) is 7.86. The number of anilines is 1. The van der Waals surface area contributed by atoms with E-state index in [1.165, 1.54) is 13.3 Å². The summed E-state index contributed by atoms with van der Waals surface area (Å²) in [5.41, 5.74) is 1.18. The Hall–Kier alpha value is -2.89. The van der Waals surface area contributed by atoms with Crippen molar-refractivity contribution >= 4 is 17.5 Å². The second kappa shape index (κ2) is 7.12. The molecular formula is C18H19N3O3. The molecule has 0 bridgehead atoms. The normalized spacial score (nSPS) is 16.7. The topological polar surface area (TPSA) is 71.5 Å². The molecule has 1 aromatic heterocycles. The first-order valence-electron chi connectivity index (χ1n) is 7.86. The van der Waals surface area contributed by atoms with Gasteiger partial charge in [-0.1, -0.05) is 18.2 Å². The van der Waals surface area contributed by atoms with E-state index in [0.717, 1.165) is 12.1 Å². The molecule has 1 N–H and O–H groups in total. The molecule has 1 aliphatic rings. The van der Waals surface area contributed by atoms with Crippen LogP contribution in [0.25, 0.3) is 0 Å². The van der Waals surface area contributed by atoms with E-state index < -0.39 is 6.04 Å². The van der Waals surface area contributed by atoms with Gasteiger partial charge in [-0.05, 0) is 31.0 Å². The van der Waals surface area contributed by atoms with E-state index in [9.17, 15) is 9.59 Å². The molecule has 1 atom stereocenters. The fourth-order valence-electron chi connectivity index (χ4n) is 2.82. The Morgan fingerprint density at radius 1 is 1.21 bits per heavy atom. The second-order valence-electron chi connectivity index (χ2n) is 5.60. The first kappa shape index (κ1) is 16.0.